The van der Waals surface area contributed by atoms with Crippen molar-refractivity contribution in [3.05, 3.63) is 56.7 Å². The monoisotopic (exact) mass is 368 g/mol. The Morgan fingerprint density at radius 1 is 1.36 bits per heavy atom. The molecule has 4 nitrogen and oxygen atoms in total. The second-order valence-corrected chi connectivity index (χ2v) is 5.80. The lowest BCUT2D eigenvalue weighted by atomic mass is 10.1. The molecule has 22 heavy (non-hydrogen) atoms. The molecule has 0 spiro atoms. The molecule has 2 rings (SSSR count). The lowest BCUT2D eigenvalue weighted by molar-refractivity contribution is 0.302. The van der Waals surface area contributed by atoms with Gasteiger partial charge in [-0.15, -0.1) is 0 Å². The molecule has 0 saturated heterocycles. The minimum Gasteiger partial charge on any atom is -0.490 e. The molecule has 2 aromatic rings. The van der Waals surface area contributed by atoms with Gasteiger partial charge >= 0.3 is 0 Å². The number of nitrogens with zero attached hydrogens (tertiary/aromatic N) is 2. The number of unbranched alkanes of at least 4 members (excludes halogenated alkanes) is 1. The van der Waals surface area contributed by atoms with E-state index in [1.54, 1.807) is 12.1 Å². The minimum atomic E-state index is -0.308. The van der Waals surface area contributed by atoms with Gasteiger partial charge < -0.3 is 4.74 Å². The van der Waals surface area contributed by atoms with Crippen LogP contribution in [-0.4, -0.2) is 16.4 Å². The average Bonchev–Trinajstić information content (AvgIpc) is 2.52. The fourth-order valence-electron chi connectivity index (χ4n) is 2.02. The summed E-state index contributed by atoms with van der Waals surface area (Å²) in [6.45, 7) is 4.46. The third kappa shape index (κ3) is 3.74. The molecule has 0 radical (unpaired) electrons. The molecule has 0 aliphatic heterocycles. The van der Waals surface area contributed by atoms with Crippen LogP contribution in [0.1, 0.15) is 38.3 Å². The number of ether oxygens (including phenoxy) is 1. The molecule has 0 saturated carbocycles. The molecule has 0 aliphatic carbocycles. The van der Waals surface area contributed by atoms with Crippen molar-refractivity contribution in [2.75, 3.05) is 6.61 Å². The second kappa shape index (κ2) is 7.54. The maximum absolute atomic E-state index is 13.0. The summed E-state index contributed by atoms with van der Waals surface area (Å²) < 4.78 is 20.2. The van der Waals surface area contributed by atoms with Crippen LogP contribution in [0.3, 0.4) is 0 Å². The molecular formula is C16H18BrFN2O2. The Kier molecular flexibility index (Phi) is 5.71. The third-order valence-corrected chi connectivity index (χ3v) is 4.12. The van der Waals surface area contributed by atoms with Crippen LogP contribution in [0.15, 0.2) is 39.7 Å². The van der Waals surface area contributed by atoms with Crippen molar-refractivity contribution in [3.8, 4) is 5.75 Å². The van der Waals surface area contributed by atoms with Gasteiger partial charge in [-0.3, -0.25) is 4.79 Å². The highest BCUT2D eigenvalue weighted by Gasteiger charge is 2.15. The standard InChI is InChI=1S/C16H18BrFN2O2/c1-3-4-9-22-14-10-19-20(16(21)15(14)17)11(2)12-5-7-13(18)8-6-12/h5-8,10-11H,3-4,9H2,1-2H3. The molecule has 1 unspecified atom stereocenters. The van der Waals surface area contributed by atoms with Crippen LogP contribution in [0.2, 0.25) is 0 Å². The Morgan fingerprint density at radius 2 is 2.05 bits per heavy atom. The van der Waals surface area contributed by atoms with Gasteiger partial charge in [-0.25, -0.2) is 9.07 Å². The van der Waals surface area contributed by atoms with E-state index < -0.39 is 0 Å². The minimum absolute atomic E-state index is 0.272. The summed E-state index contributed by atoms with van der Waals surface area (Å²) in [6, 6.07) is 5.73. The average molecular weight is 369 g/mol. The van der Waals surface area contributed by atoms with E-state index in [9.17, 15) is 9.18 Å². The van der Waals surface area contributed by atoms with Gasteiger partial charge in [-0.1, -0.05) is 25.5 Å². The first-order chi connectivity index (χ1) is 10.5. The molecule has 0 fully saturated rings. The lowest BCUT2D eigenvalue weighted by Crippen LogP contribution is -2.27. The maximum Gasteiger partial charge on any atom is 0.285 e. The molecule has 118 valence electrons. The predicted octanol–water partition coefficient (Wildman–Crippen LogP) is 3.93. The zero-order valence-corrected chi connectivity index (χ0v) is 14.1. The molecule has 0 N–H and O–H groups in total. The maximum atomic E-state index is 13.0. The van der Waals surface area contributed by atoms with Gasteiger partial charge in [0.25, 0.3) is 5.56 Å². The Labute approximate surface area is 137 Å². The predicted molar refractivity (Wildman–Crippen MR) is 86.8 cm³/mol. The molecule has 1 aromatic carbocycles. The SMILES string of the molecule is CCCCOc1cnn(C(C)c2ccc(F)cc2)c(=O)c1Br. The number of hydrogen-bond acceptors (Lipinski definition) is 3. The van der Waals surface area contributed by atoms with Crippen molar-refractivity contribution < 1.29 is 9.13 Å². The summed E-state index contributed by atoms with van der Waals surface area (Å²) in [5.41, 5.74) is 0.536. The summed E-state index contributed by atoms with van der Waals surface area (Å²) in [6.07, 6.45) is 3.46. The van der Waals surface area contributed by atoms with Crippen molar-refractivity contribution >= 4 is 15.9 Å². The van der Waals surface area contributed by atoms with E-state index in [-0.39, 0.29) is 17.4 Å². The Balaban J connectivity index is 2.26. The van der Waals surface area contributed by atoms with Crippen molar-refractivity contribution in [1.82, 2.24) is 9.78 Å². The van der Waals surface area contributed by atoms with Gasteiger partial charge in [0.15, 0.2) is 5.75 Å². The number of aromatic nitrogens is 2. The van der Waals surface area contributed by atoms with E-state index in [4.69, 9.17) is 4.74 Å². The summed E-state index contributed by atoms with van der Waals surface area (Å²) in [7, 11) is 0. The van der Waals surface area contributed by atoms with Crippen molar-refractivity contribution in [3.63, 3.8) is 0 Å². The zero-order chi connectivity index (χ0) is 16.1. The number of benzene rings is 1. The summed E-state index contributed by atoms with van der Waals surface area (Å²) in [5.74, 6) is 0.137. The van der Waals surface area contributed by atoms with Crippen LogP contribution in [0.5, 0.6) is 5.75 Å². The van der Waals surface area contributed by atoms with Crippen LogP contribution >= 0.6 is 15.9 Å². The molecule has 0 amide bonds. The van der Waals surface area contributed by atoms with Gasteiger partial charge in [0.2, 0.25) is 0 Å². The molecule has 1 heterocycles. The van der Waals surface area contributed by atoms with E-state index in [0.717, 1.165) is 18.4 Å². The lowest BCUT2D eigenvalue weighted by Gasteiger charge is -2.16. The first-order valence-corrected chi connectivity index (χ1v) is 7.99. The van der Waals surface area contributed by atoms with Gasteiger partial charge in [-0.2, -0.15) is 5.10 Å². The van der Waals surface area contributed by atoms with Crippen LogP contribution in [0, 0.1) is 5.82 Å². The summed E-state index contributed by atoms with van der Waals surface area (Å²) in [5, 5.41) is 4.17. The molecule has 6 heteroatoms. The molecule has 0 aliphatic rings. The van der Waals surface area contributed by atoms with E-state index in [1.807, 2.05) is 6.92 Å². The van der Waals surface area contributed by atoms with E-state index in [2.05, 4.69) is 28.0 Å². The van der Waals surface area contributed by atoms with Crippen molar-refractivity contribution in [2.24, 2.45) is 0 Å². The summed E-state index contributed by atoms with van der Waals surface area (Å²) >= 11 is 3.28. The van der Waals surface area contributed by atoms with Crippen molar-refractivity contribution in [1.29, 1.82) is 0 Å². The Morgan fingerprint density at radius 3 is 2.68 bits per heavy atom. The fourth-order valence-corrected chi connectivity index (χ4v) is 2.41. The second-order valence-electron chi connectivity index (χ2n) is 5.00. The van der Waals surface area contributed by atoms with E-state index in [0.29, 0.717) is 16.8 Å². The first kappa shape index (κ1) is 16.7. The smallest absolute Gasteiger partial charge is 0.285 e. The molecular weight excluding hydrogens is 351 g/mol. The van der Waals surface area contributed by atoms with E-state index >= 15 is 0 Å². The van der Waals surface area contributed by atoms with Gasteiger partial charge in [0.1, 0.15) is 10.3 Å². The van der Waals surface area contributed by atoms with Crippen LogP contribution in [0.4, 0.5) is 4.39 Å². The Bertz CT molecular complexity index is 686. The van der Waals surface area contributed by atoms with Crippen LogP contribution in [-0.2, 0) is 0 Å². The highest BCUT2D eigenvalue weighted by molar-refractivity contribution is 9.10. The summed E-state index contributed by atoms with van der Waals surface area (Å²) in [4.78, 5) is 12.4. The molecule has 1 aromatic heterocycles. The third-order valence-electron chi connectivity index (χ3n) is 3.39. The van der Waals surface area contributed by atoms with Gasteiger partial charge in [-0.05, 0) is 47.0 Å². The van der Waals surface area contributed by atoms with Gasteiger partial charge in [0.05, 0.1) is 18.8 Å². The topological polar surface area (TPSA) is 44.1 Å². The normalized spacial score (nSPS) is 12.2. The zero-order valence-electron chi connectivity index (χ0n) is 12.6. The Hall–Kier alpha value is -1.69. The van der Waals surface area contributed by atoms with E-state index in [1.165, 1.54) is 23.0 Å². The fraction of sp³-hybridized carbons (Fsp3) is 0.375. The highest BCUT2D eigenvalue weighted by atomic mass is 79.9. The number of hydrogen-bond donors (Lipinski definition) is 0. The van der Waals surface area contributed by atoms with Gasteiger partial charge in [0, 0.05) is 0 Å². The van der Waals surface area contributed by atoms with Crippen LogP contribution in [0.25, 0.3) is 0 Å². The molecule has 1 atom stereocenters. The number of halogens is 2. The number of rotatable bonds is 6. The van der Waals surface area contributed by atoms with Crippen molar-refractivity contribution in [2.45, 2.75) is 32.7 Å². The quantitative estimate of drug-likeness (QED) is 0.725. The highest BCUT2D eigenvalue weighted by Crippen LogP contribution is 2.22. The molecule has 0 bridgehead atoms. The first-order valence-electron chi connectivity index (χ1n) is 7.20. The largest absolute Gasteiger partial charge is 0.490 e. The van der Waals surface area contributed by atoms with Crippen LogP contribution < -0.4 is 10.3 Å².